The van der Waals surface area contributed by atoms with Gasteiger partial charge in [-0.1, -0.05) is 11.6 Å². The highest BCUT2D eigenvalue weighted by atomic mass is 35.5. The van der Waals surface area contributed by atoms with Gasteiger partial charge >= 0.3 is 0 Å². The molecule has 134 valence electrons. The lowest BCUT2D eigenvalue weighted by Gasteiger charge is -2.11. The molecule has 0 fully saturated rings. The molecule has 0 aliphatic rings. The van der Waals surface area contributed by atoms with Gasteiger partial charge in [0, 0.05) is 23.3 Å². The molecular formula is C19H18ClN3O3. The summed E-state index contributed by atoms with van der Waals surface area (Å²) >= 11 is 5.89. The normalized spacial score (nSPS) is 10.4. The van der Waals surface area contributed by atoms with Gasteiger partial charge in [-0.25, -0.2) is 4.68 Å². The predicted molar refractivity (Wildman–Crippen MR) is 99.3 cm³/mol. The molecule has 3 rings (SSSR count). The van der Waals surface area contributed by atoms with Crippen molar-refractivity contribution in [2.45, 2.75) is 6.54 Å². The van der Waals surface area contributed by atoms with Gasteiger partial charge in [-0.2, -0.15) is 5.10 Å². The maximum absolute atomic E-state index is 12.4. The van der Waals surface area contributed by atoms with Crippen molar-refractivity contribution < 1.29 is 14.3 Å². The zero-order valence-corrected chi connectivity index (χ0v) is 15.2. The number of nitrogens with one attached hydrogen (secondary N) is 1. The van der Waals surface area contributed by atoms with Crippen LogP contribution >= 0.6 is 11.6 Å². The lowest BCUT2D eigenvalue weighted by molar-refractivity contribution is 0.0950. The smallest absolute Gasteiger partial charge is 0.254 e. The average Bonchev–Trinajstić information content (AvgIpc) is 3.16. The van der Waals surface area contributed by atoms with Gasteiger partial charge < -0.3 is 14.8 Å². The molecule has 1 N–H and O–H groups in total. The Kier molecular flexibility index (Phi) is 5.43. The van der Waals surface area contributed by atoms with Crippen LogP contribution in [-0.2, 0) is 6.54 Å². The summed E-state index contributed by atoms with van der Waals surface area (Å²) in [5.41, 5.74) is 2.11. The summed E-state index contributed by atoms with van der Waals surface area (Å²) in [6, 6.07) is 12.6. The first-order chi connectivity index (χ1) is 12.6. The van der Waals surface area contributed by atoms with Gasteiger partial charge in [0.15, 0.2) is 0 Å². The summed E-state index contributed by atoms with van der Waals surface area (Å²) in [6.07, 6.45) is 3.19. The minimum absolute atomic E-state index is 0.227. The largest absolute Gasteiger partial charge is 0.497 e. The third-order valence-electron chi connectivity index (χ3n) is 3.86. The fourth-order valence-electron chi connectivity index (χ4n) is 2.47. The first kappa shape index (κ1) is 17.8. The van der Waals surface area contributed by atoms with Crippen LogP contribution in [0.5, 0.6) is 11.5 Å². The van der Waals surface area contributed by atoms with Crippen molar-refractivity contribution in [3.05, 3.63) is 71.0 Å². The first-order valence-electron chi connectivity index (χ1n) is 7.90. The van der Waals surface area contributed by atoms with Gasteiger partial charge in [-0.05, 0) is 42.5 Å². The summed E-state index contributed by atoms with van der Waals surface area (Å²) in [5, 5.41) is 7.73. The Morgan fingerprint density at radius 2 is 1.92 bits per heavy atom. The molecule has 0 atom stereocenters. The average molecular weight is 372 g/mol. The van der Waals surface area contributed by atoms with E-state index in [1.165, 1.54) is 6.20 Å². The molecule has 1 amide bonds. The SMILES string of the molecule is COc1ccc(OC)c(CNC(=O)c2cnn(-c3ccc(Cl)cc3)c2)c1. The van der Waals surface area contributed by atoms with Crippen molar-refractivity contribution >= 4 is 17.5 Å². The zero-order valence-electron chi connectivity index (χ0n) is 14.4. The predicted octanol–water partition coefficient (Wildman–Crippen LogP) is 3.47. The van der Waals surface area contributed by atoms with E-state index < -0.39 is 0 Å². The Balaban J connectivity index is 1.70. The van der Waals surface area contributed by atoms with E-state index in [1.54, 1.807) is 49.4 Å². The third kappa shape index (κ3) is 3.97. The minimum Gasteiger partial charge on any atom is -0.497 e. The molecule has 1 heterocycles. The first-order valence-corrected chi connectivity index (χ1v) is 8.28. The van der Waals surface area contributed by atoms with Crippen LogP contribution in [0.25, 0.3) is 5.69 Å². The lowest BCUT2D eigenvalue weighted by atomic mass is 10.2. The lowest BCUT2D eigenvalue weighted by Crippen LogP contribution is -2.22. The van der Waals surface area contributed by atoms with E-state index in [0.717, 1.165) is 11.3 Å². The van der Waals surface area contributed by atoms with E-state index in [1.807, 2.05) is 18.2 Å². The molecule has 0 bridgehead atoms. The molecule has 7 heteroatoms. The molecule has 0 aliphatic heterocycles. The van der Waals surface area contributed by atoms with Gasteiger partial charge in [0.1, 0.15) is 11.5 Å². The molecular weight excluding hydrogens is 354 g/mol. The molecule has 3 aromatic rings. The number of carbonyl (C=O) groups excluding carboxylic acids is 1. The van der Waals surface area contributed by atoms with Crippen molar-refractivity contribution in [3.8, 4) is 17.2 Å². The highest BCUT2D eigenvalue weighted by molar-refractivity contribution is 6.30. The molecule has 0 radical (unpaired) electrons. The van der Waals surface area contributed by atoms with Crippen molar-refractivity contribution in [1.82, 2.24) is 15.1 Å². The number of carbonyl (C=O) groups is 1. The van der Waals surface area contributed by atoms with E-state index in [9.17, 15) is 4.79 Å². The second kappa shape index (κ2) is 7.93. The van der Waals surface area contributed by atoms with Gasteiger partial charge in [-0.15, -0.1) is 0 Å². The number of rotatable bonds is 6. The number of hydrogen-bond donors (Lipinski definition) is 1. The van der Waals surface area contributed by atoms with E-state index >= 15 is 0 Å². The molecule has 0 aliphatic carbocycles. The van der Waals surface area contributed by atoms with Crippen LogP contribution in [-0.4, -0.2) is 29.9 Å². The second-order valence-corrected chi connectivity index (χ2v) is 5.95. The molecule has 0 unspecified atom stereocenters. The number of methoxy groups -OCH3 is 2. The monoisotopic (exact) mass is 371 g/mol. The fourth-order valence-corrected chi connectivity index (χ4v) is 2.60. The summed E-state index contributed by atoms with van der Waals surface area (Å²) in [4.78, 5) is 12.4. The van der Waals surface area contributed by atoms with Crippen molar-refractivity contribution in [3.63, 3.8) is 0 Å². The molecule has 1 aromatic heterocycles. The van der Waals surface area contributed by atoms with Crippen LogP contribution in [0.15, 0.2) is 54.9 Å². The second-order valence-electron chi connectivity index (χ2n) is 5.51. The van der Waals surface area contributed by atoms with Crippen molar-refractivity contribution in [1.29, 1.82) is 0 Å². The van der Waals surface area contributed by atoms with E-state index in [0.29, 0.717) is 28.6 Å². The van der Waals surface area contributed by atoms with Gasteiger partial charge in [0.25, 0.3) is 5.91 Å². The van der Waals surface area contributed by atoms with Crippen LogP contribution in [0, 0.1) is 0 Å². The van der Waals surface area contributed by atoms with Gasteiger partial charge in [0.05, 0.1) is 31.7 Å². The van der Waals surface area contributed by atoms with Crippen LogP contribution in [0.4, 0.5) is 0 Å². The molecule has 0 saturated heterocycles. The fraction of sp³-hybridized carbons (Fsp3) is 0.158. The van der Waals surface area contributed by atoms with E-state index in [4.69, 9.17) is 21.1 Å². The summed E-state index contributed by atoms with van der Waals surface area (Å²) < 4.78 is 12.2. The summed E-state index contributed by atoms with van der Waals surface area (Å²) in [5.74, 6) is 1.16. The van der Waals surface area contributed by atoms with Crippen LogP contribution < -0.4 is 14.8 Å². The Morgan fingerprint density at radius 3 is 2.62 bits per heavy atom. The molecule has 2 aromatic carbocycles. The Morgan fingerprint density at radius 1 is 1.15 bits per heavy atom. The number of nitrogens with zero attached hydrogens (tertiary/aromatic N) is 2. The molecule has 26 heavy (non-hydrogen) atoms. The van der Waals surface area contributed by atoms with Crippen LogP contribution in [0.2, 0.25) is 5.02 Å². The quantitative estimate of drug-likeness (QED) is 0.720. The highest BCUT2D eigenvalue weighted by Gasteiger charge is 2.11. The highest BCUT2D eigenvalue weighted by Crippen LogP contribution is 2.23. The number of aromatic nitrogens is 2. The Hall–Kier alpha value is -2.99. The number of ether oxygens (including phenoxy) is 2. The minimum atomic E-state index is -0.227. The number of halogens is 1. The zero-order chi connectivity index (χ0) is 18.5. The molecule has 6 nitrogen and oxygen atoms in total. The van der Waals surface area contributed by atoms with Gasteiger partial charge in [0.2, 0.25) is 0 Å². The third-order valence-corrected chi connectivity index (χ3v) is 4.11. The van der Waals surface area contributed by atoms with Gasteiger partial charge in [-0.3, -0.25) is 4.79 Å². The van der Waals surface area contributed by atoms with E-state index in [-0.39, 0.29) is 5.91 Å². The Bertz CT molecular complexity index is 907. The van der Waals surface area contributed by atoms with Crippen LogP contribution in [0.1, 0.15) is 15.9 Å². The number of benzene rings is 2. The van der Waals surface area contributed by atoms with Crippen molar-refractivity contribution in [2.75, 3.05) is 14.2 Å². The maximum Gasteiger partial charge on any atom is 0.254 e. The molecule has 0 spiro atoms. The standard InChI is InChI=1S/C19H18ClN3O3/c1-25-17-7-8-18(26-2)13(9-17)10-21-19(24)14-11-22-23(12-14)16-5-3-15(20)4-6-16/h3-9,11-12H,10H2,1-2H3,(H,21,24). The summed E-state index contributed by atoms with van der Waals surface area (Å²) in [7, 11) is 3.18. The topological polar surface area (TPSA) is 65.4 Å². The Labute approximate surface area is 156 Å². The summed E-state index contributed by atoms with van der Waals surface area (Å²) in [6.45, 7) is 0.311. The maximum atomic E-state index is 12.4. The number of hydrogen-bond acceptors (Lipinski definition) is 4. The van der Waals surface area contributed by atoms with E-state index in [2.05, 4.69) is 10.4 Å². The van der Waals surface area contributed by atoms with Crippen LogP contribution in [0.3, 0.4) is 0 Å². The van der Waals surface area contributed by atoms with Crippen molar-refractivity contribution in [2.24, 2.45) is 0 Å². The number of amides is 1. The molecule has 0 saturated carbocycles.